The van der Waals surface area contributed by atoms with Gasteiger partial charge in [-0.3, -0.25) is 0 Å². The summed E-state index contributed by atoms with van der Waals surface area (Å²) in [7, 11) is 1.60. The number of methoxy groups -OCH3 is 1. The van der Waals surface area contributed by atoms with Crippen LogP contribution in [0.2, 0.25) is 0 Å². The molecule has 0 aromatic heterocycles. The average Bonchev–Trinajstić information content (AvgIpc) is 3.20. The molecule has 52 heavy (non-hydrogen) atoms. The van der Waals surface area contributed by atoms with Gasteiger partial charge in [-0.15, -0.1) is 0 Å². The molecule has 5 aromatic rings. The van der Waals surface area contributed by atoms with Crippen LogP contribution in [0.1, 0.15) is 11.1 Å². The van der Waals surface area contributed by atoms with Gasteiger partial charge in [0.2, 0.25) is 0 Å². The Morgan fingerprint density at radius 2 is 1.29 bits per heavy atom. The molecule has 7 nitrogen and oxygen atoms in total. The molecule has 0 unspecified atom stereocenters. The zero-order chi connectivity index (χ0) is 36.2. The van der Waals surface area contributed by atoms with Crippen molar-refractivity contribution in [3.8, 4) is 5.75 Å². The summed E-state index contributed by atoms with van der Waals surface area (Å²) in [5, 5.41) is 6.01. The van der Waals surface area contributed by atoms with Crippen molar-refractivity contribution in [2.45, 2.75) is 24.4 Å². The number of hydrogen-bond donors (Lipinski definition) is 1. The first-order chi connectivity index (χ1) is 25.3. The number of carbonyl (C=O) groups is 3. The molecular formula is C42H38IN2O5PS. The van der Waals surface area contributed by atoms with Crippen molar-refractivity contribution in [3.05, 3.63) is 168 Å². The topological polar surface area (TPSA) is 84.9 Å². The van der Waals surface area contributed by atoms with Crippen LogP contribution >= 0.6 is 38.0 Å². The molecule has 0 radical (unpaired) electrons. The minimum atomic E-state index is -3.39. The number of rotatable bonds is 12. The van der Waals surface area contributed by atoms with Gasteiger partial charge in [0, 0.05) is 0 Å². The zero-order valence-corrected chi connectivity index (χ0v) is 32.4. The molecule has 2 heterocycles. The van der Waals surface area contributed by atoms with Crippen LogP contribution in [0.3, 0.4) is 0 Å². The molecule has 0 spiro atoms. The number of fused-ring (bicyclic) bond motifs is 1. The second-order valence-corrected chi connectivity index (χ2v) is 24.6. The minimum absolute atomic E-state index is 0.0284. The predicted molar refractivity (Wildman–Crippen MR) is 219 cm³/mol. The van der Waals surface area contributed by atoms with E-state index in [1.807, 2.05) is 72.8 Å². The van der Waals surface area contributed by atoms with Gasteiger partial charge in [-0.2, -0.15) is 0 Å². The van der Waals surface area contributed by atoms with E-state index in [2.05, 4.69) is 100 Å². The van der Waals surface area contributed by atoms with Crippen LogP contribution in [0.4, 0.5) is 0 Å². The summed E-state index contributed by atoms with van der Waals surface area (Å²) in [4.78, 5) is 43.2. The number of halogens is 1. The van der Waals surface area contributed by atoms with E-state index in [-0.39, 0.29) is 30.5 Å². The number of esters is 1. The molecule has 0 aliphatic carbocycles. The summed E-state index contributed by atoms with van der Waals surface area (Å²) in [6.07, 6.45) is 0.667. The van der Waals surface area contributed by atoms with Crippen LogP contribution in [0.15, 0.2) is 157 Å². The van der Waals surface area contributed by atoms with Gasteiger partial charge >= 0.3 is 317 Å². The Labute approximate surface area is 321 Å². The number of nitrogens with one attached hydrogen (secondary N) is 1. The van der Waals surface area contributed by atoms with Crippen molar-refractivity contribution in [3.63, 3.8) is 0 Å². The third-order valence-corrected chi connectivity index (χ3v) is 22.1. The molecule has 1 saturated heterocycles. The van der Waals surface area contributed by atoms with Crippen molar-refractivity contribution in [2.75, 3.05) is 19.0 Å². The first kappa shape index (κ1) is 35.9. The fourth-order valence-corrected chi connectivity index (χ4v) is 17.5. The monoisotopic (exact) mass is 840 g/mol. The van der Waals surface area contributed by atoms with Gasteiger partial charge < -0.3 is 0 Å². The number of nitrogens with zero attached hydrogens (tertiary/aromatic N) is 1. The van der Waals surface area contributed by atoms with Crippen molar-refractivity contribution in [1.29, 1.82) is 0 Å². The van der Waals surface area contributed by atoms with Crippen molar-refractivity contribution >= 4 is 71.7 Å². The third kappa shape index (κ3) is 6.77. The number of thioether (sulfide) groups is 1. The molecule has 2 atom stereocenters. The van der Waals surface area contributed by atoms with Crippen LogP contribution in [-0.2, 0) is 32.1 Å². The molecular weight excluding hydrogens is 802 g/mol. The third-order valence-electron chi connectivity index (χ3n) is 9.67. The van der Waals surface area contributed by atoms with Gasteiger partial charge in [-0.05, 0) is 0 Å². The number of carbonyl (C=O) groups excluding carboxylic acids is 3. The standard InChI is InChI=1S/C42H38IN2O5PS/c1-49-33-24-22-31(23-25-33)27-50-42(48)39-32(29-52-41-38(40(47)45(39)41)44-37(46)26-30-14-6-2-7-15-30)28-51(43,34-16-8-3-9-17-34,35-18-10-4-11-19-35)36-20-12-5-13-21-36/h2-25,38,41H,26-29H2,1H3,(H,44,46)/t38-,41-/m1/s1. The van der Waals surface area contributed by atoms with E-state index in [0.29, 0.717) is 17.7 Å². The molecule has 0 bridgehead atoms. The Hall–Kier alpha value is -4.44. The normalized spacial score (nSPS) is 17.6. The molecule has 5 aromatic carbocycles. The Bertz CT molecular complexity index is 2000. The molecule has 0 saturated carbocycles. The van der Waals surface area contributed by atoms with Crippen LogP contribution in [0, 0.1) is 0 Å². The van der Waals surface area contributed by atoms with Gasteiger partial charge in [0.15, 0.2) is 0 Å². The Morgan fingerprint density at radius 1 is 0.769 bits per heavy atom. The Balaban J connectivity index is 1.30. The first-order valence-corrected chi connectivity index (χ1v) is 23.3. The number of hydrogen-bond acceptors (Lipinski definition) is 6. The second-order valence-electron chi connectivity index (χ2n) is 12.8. The number of ether oxygens (including phenoxy) is 2. The van der Waals surface area contributed by atoms with Gasteiger partial charge in [0.1, 0.15) is 0 Å². The van der Waals surface area contributed by atoms with Gasteiger partial charge in [-0.1, -0.05) is 6.07 Å². The van der Waals surface area contributed by atoms with Crippen molar-refractivity contribution < 1.29 is 23.9 Å². The summed E-state index contributed by atoms with van der Waals surface area (Å²) in [6.45, 7) is 0.0284. The summed E-state index contributed by atoms with van der Waals surface area (Å²) in [5.41, 5.74) is 2.77. The quantitative estimate of drug-likeness (QED) is 0.0668. The van der Waals surface area contributed by atoms with E-state index >= 15 is 0 Å². The van der Waals surface area contributed by atoms with E-state index in [0.717, 1.165) is 32.6 Å². The molecule has 1 N–H and O–H groups in total. The fraction of sp³-hybridized carbons (Fsp3) is 0.167. The molecule has 7 rings (SSSR count). The van der Waals surface area contributed by atoms with Gasteiger partial charge in [0.05, 0.1) is 0 Å². The van der Waals surface area contributed by atoms with Crippen molar-refractivity contribution in [2.24, 2.45) is 0 Å². The maximum absolute atomic E-state index is 14.4. The SMILES string of the molecule is COc1ccc(COC(=O)C2=C(CP(I)(c3ccccc3)(c3ccccc3)c3ccccc3)CS[C@@H]3[C@H](NC(=O)Cc4ccccc4)C(=O)N23)cc1. The maximum atomic E-state index is 14.4. The molecule has 2 amide bonds. The van der Waals surface area contributed by atoms with Crippen LogP contribution < -0.4 is 26.0 Å². The summed E-state index contributed by atoms with van der Waals surface area (Å²) < 4.78 is 7.92. The zero-order valence-electron chi connectivity index (χ0n) is 28.6. The molecule has 2 aliphatic heterocycles. The molecule has 10 heteroatoms. The van der Waals surface area contributed by atoms with Gasteiger partial charge in [0.25, 0.3) is 0 Å². The number of β-lactam (4-membered cyclic amide) rings is 1. The fourth-order valence-electron chi connectivity index (χ4n) is 7.03. The van der Waals surface area contributed by atoms with Crippen LogP contribution in [0.5, 0.6) is 5.75 Å². The van der Waals surface area contributed by atoms with Gasteiger partial charge in [-0.25, -0.2) is 0 Å². The molecule has 264 valence electrons. The van der Waals surface area contributed by atoms with E-state index in [1.165, 1.54) is 0 Å². The van der Waals surface area contributed by atoms with Crippen molar-refractivity contribution in [1.82, 2.24) is 10.2 Å². The Kier molecular flexibility index (Phi) is 10.6. The predicted octanol–water partition coefficient (Wildman–Crippen LogP) is 6.51. The van der Waals surface area contributed by atoms with Crippen LogP contribution in [0.25, 0.3) is 0 Å². The number of benzene rings is 5. The Morgan fingerprint density at radius 3 is 1.81 bits per heavy atom. The second kappa shape index (κ2) is 15.3. The van der Waals surface area contributed by atoms with E-state index in [4.69, 9.17) is 9.47 Å². The average molecular weight is 841 g/mol. The molecule has 1 fully saturated rings. The molecule has 2 aliphatic rings. The summed E-state index contributed by atoms with van der Waals surface area (Å²) in [6, 6.07) is 47.5. The summed E-state index contributed by atoms with van der Waals surface area (Å²) in [5.74, 6) is 0.0712. The van der Waals surface area contributed by atoms with E-state index < -0.39 is 21.6 Å². The van der Waals surface area contributed by atoms with E-state index in [9.17, 15) is 14.4 Å². The van der Waals surface area contributed by atoms with Crippen LogP contribution in [-0.4, -0.2) is 53.1 Å². The van der Waals surface area contributed by atoms with E-state index in [1.54, 1.807) is 23.8 Å². The number of amides is 2. The first-order valence-electron chi connectivity index (χ1n) is 17.0. The summed E-state index contributed by atoms with van der Waals surface area (Å²) >= 11 is 4.28.